The number of nitrogens with zero attached hydrogens (tertiary/aromatic N) is 2. The highest BCUT2D eigenvalue weighted by Crippen LogP contribution is 2.07. The van der Waals surface area contributed by atoms with Crippen LogP contribution in [0.25, 0.3) is 0 Å². The van der Waals surface area contributed by atoms with E-state index in [-0.39, 0.29) is 12.5 Å². The van der Waals surface area contributed by atoms with Gasteiger partial charge < -0.3 is 10.6 Å². The van der Waals surface area contributed by atoms with Crippen LogP contribution in [0.15, 0.2) is 18.5 Å². The van der Waals surface area contributed by atoms with Crippen molar-refractivity contribution in [3.8, 4) is 11.8 Å². The van der Waals surface area contributed by atoms with E-state index in [9.17, 15) is 4.79 Å². The Bertz CT molecular complexity index is 415. The van der Waals surface area contributed by atoms with Gasteiger partial charge in [-0.05, 0) is 6.07 Å². The highest BCUT2D eigenvalue weighted by atomic mass is 16.2. The zero-order valence-corrected chi connectivity index (χ0v) is 8.82. The van der Waals surface area contributed by atoms with E-state index in [1.807, 2.05) is 0 Å². The van der Waals surface area contributed by atoms with Gasteiger partial charge in [0.05, 0.1) is 17.7 Å². The quantitative estimate of drug-likeness (QED) is 0.658. The summed E-state index contributed by atoms with van der Waals surface area (Å²) in [7, 11) is 3.39. The number of carbonyl (C=O) groups excluding carboxylic acids is 1. The Hall–Kier alpha value is -1.86. The van der Waals surface area contributed by atoms with E-state index in [4.69, 9.17) is 5.73 Å². The lowest BCUT2D eigenvalue weighted by Crippen LogP contribution is -2.22. The fourth-order valence-electron chi connectivity index (χ4n) is 1.07. The van der Waals surface area contributed by atoms with Crippen LogP contribution in [0.2, 0.25) is 0 Å². The summed E-state index contributed by atoms with van der Waals surface area (Å²) in [5.74, 6) is 5.44. The lowest BCUT2D eigenvalue weighted by molar-refractivity contribution is 0.0827. The van der Waals surface area contributed by atoms with Gasteiger partial charge in [0.25, 0.3) is 5.91 Å². The molecule has 0 spiro atoms. The molecule has 0 aliphatic rings. The van der Waals surface area contributed by atoms with Gasteiger partial charge >= 0.3 is 0 Å². The Balaban J connectivity index is 3.12. The van der Waals surface area contributed by atoms with Crippen LogP contribution >= 0.6 is 0 Å². The first-order chi connectivity index (χ1) is 7.16. The zero-order chi connectivity index (χ0) is 11.3. The molecule has 0 fully saturated rings. The van der Waals surface area contributed by atoms with Crippen LogP contribution in [0.1, 0.15) is 15.9 Å². The molecule has 1 aromatic rings. The number of rotatable bonds is 1. The monoisotopic (exact) mass is 203 g/mol. The Morgan fingerprint density at radius 1 is 1.60 bits per heavy atom. The molecule has 4 heteroatoms. The van der Waals surface area contributed by atoms with Crippen LogP contribution in [0.3, 0.4) is 0 Å². The summed E-state index contributed by atoms with van der Waals surface area (Å²) in [6.45, 7) is 0.268. The summed E-state index contributed by atoms with van der Waals surface area (Å²) in [4.78, 5) is 17.2. The molecule has 2 N–H and O–H groups in total. The zero-order valence-electron chi connectivity index (χ0n) is 8.82. The number of amides is 1. The normalized spacial score (nSPS) is 9.00. The summed E-state index contributed by atoms with van der Waals surface area (Å²) >= 11 is 0. The molecule has 0 saturated carbocycles. The summed E-state index contributed by atoms with van der Waals surface area (Å²) in [5, 5.41) is 0. The van der Waals surface area contributed by atoms with E-state index in [0.29, 0.717) is 11.1 Å². The number of hydrogen-bond acceptors (Lipinski definition) is 3. The molecule has 4 nitrogen and oxygen atoms in total. The van der Waals surface area contributed by atoms with Gasteiger partial charge in [0.1, 0.15) is 0 Å². The molecule has 0 radical (unpaired) electrons. The van der Waals surface area contributed by atoms with Crippen LogP contribution in [0, 0.1) is 11.8 Å². The highest BCUT2D eigenvalue weighted by Gasteiger charge is 2.11. The third kappa shape index (κ3) is 2.79. The minimum atomic E-state index is -0.0845. The molecule has 1 heterocycles. The van der Waals surface area contributed by atoms with E-state index in [1.54, 1.807) is 32.6 Å². The second-order valence-electron chi connectivity index (χ2n) is 3.13. The fourth-order valence-corrected chi connectivity index (χ4v) is 1.07. The van der Waals surface area contributed by atoms with Crippen molar-refractivity contribution in [2.75, 3.05) is 20.6 Å². The van der Waals surface area contributed by atoms with Crippen molar-refractivity contribution in [2.45, 2.75) is 0 Å². The molecule has 0 atom stereocenters. The van der Waals surface area contributed by atoms with Gasteiger partial charge in [-0.25, -0.2) is 0 Å². The van der Waals surface area contributed by atoms with E-state index < -0.39 is 0 Å². The molecule has 0 saturated heterocycles. The van der Waals surface area contributed by atoms with Crippen molar-refractivity contribution < 1.29 is 4.79 Å². The minimum absolute atomic E-state index is 0.0845. The maximum atomic E-state index is 11.7. The van der Waals surface area contributed by atoms with E-state index in [1.165, 1.54) is 4.90 Å². The molecule has 1 amide bonds. The first kappa shape index (κ1) is 11.2. The number of aromatic nitrogens is 1. The number of carbonyl (C=O) groups is 1. The molecule has 78 valence electrons. The standard InChI is InChI=1S/C11H13N3O/c1-14(2)11(15)10-5-7-13-8-9(10)4-3-6-12/h5,7-8H,6,12H2,1-2H3. The molecule has 1 rings (SSSR count). The molecule has 0 aromatic carbocycles. The summed E-state index contributed by atoms with van der Waals surface area (Å²) in [6.07, 6.45) is 3.14. The fraction of sp³-hybridized carbons (Fsp3) is 0.273. The lowest BCUT2D eigenvalue weighted by Gasteiger charge is -2.10. The average molecular weight is 203 g/mol. The van der Waals surface area contributed by atoms with Gasteiger partial charge in [-0.2, -0.15) is 0 Å². The molecule has 0 bridgehead atoms. The first-order valence-corrected chi connectivity index (χ1v) is 4.51. The van der Waals surface area contributed by atoms with E-state index in [0.717, 1.165) is 0 Å². The molecule has 0 aliphatic carbocycles. The predicted molar refractivity (Wildman–Crippen MR) is 58.2 cm³/mol. The minimum Gasteiger partial charge on any atom is -0.345 e. The molecular weight excluding hydrogens is 190 g/mol. The third-order valence-corrected chi connectivity index (χ3v) is 1.78. The Kier molecular flexibility index (Phi) is 3.83. The van der Waals surface area contributed by atoms with E-state index >= 15 is 0 Å². The van der Waals surface area contributed by atoms with Gasteiger partial charge in [-0.15, -0.1) is 0 Å². The topological polar surface area (TPSA) is 59.2 Å². The lowest BCUT2D eigenvalue weighted by atomic mass is 10.1. The summed E-state index contributed by atoms with van der Waals surface area (Å²) < 4.78 is 0. The Morgan fingerprint density at radius 2 is 2.33 bits per heavy atom. The van der Waals surface area contributed by atoms with Gasteiger partial charge in [0.2, 0.25) is 0 Å². The average Bonchev–Trinajstić information content (AvgIpc) is 2.25. The predicted octanol–water partition coefficient (Wildman–Crippen LogP) is 0.0936. The van der Waals surface area contributed by atoms with Crippen molar-refractivity contribution in [1.82, 2.24) is 9.88 Å². The Labute approximate surface area is 89.1 Å². The number of pyridine rings is 1. The second kappa shape index (κ2) is 5.13. The largest absolute Gasteiger partial charge is 0.345 e. The van der Waals surface area contributed by atoms with Crippen molar-refractivity contribution in [3.63, 3.8) is 0 Å². The van der Waals surface area contributed by atoms with Gasteiger partial charge in [0.15, 0.2) is 0 Å². The van der Waals surface area contributed by atoms with Crippen LogP contribution in [0.5, 0.6) is 0 Å². The van der Waals surface area contributed by atoms with Crippen LogP contribution < -0.4 is 5.73 Å². The van der Waals surface area contributed by atoms with Crippen molar-refractivity contribution in [2.24, 2.45) is 5.73 Å². The SMILES string of the molecule is CN(C)C(=O)c1ccncc1C#CCN. The second-order valence-corrected chi connectivity index (χ2v) is 3.13. The van der Waals surface area contributed by atoms with Crippen LogP contribution in [0.4, 0.5) is 0 Å². The highest BCUT2D eigenvalue weighted by molar-refractivity contribution is 5.96. The summed E-state index contributed by atoms with van der Waals surface area (Å²) in [5.41, 5.74) is 6.44. The van der Waals surface area contributed by atoms with Crippen LogP contribution in [-0.4, -0.2) is 36.4 Å². The van der Waals surface area contributed by atoms with Crippen molar-refractivity contribution in [3.05, 3.63) is 29.6 Å². The van der Waals surface area contributed by atoms with Crippen molar-refractivity contribution >= 4 is 5.91 Å². The molecule has 15 heavy (non-hydrogen) atoms. The summed E-state index contributed by atoms with van der Waals surface area (Å²) in [6, 6.07) is 1.66. The molecule has 0 aliphatic heterocycles. The van der Waals surface area contributed by atoms with Crippen LogP contribution in [-0.2, 0) is 0 Å². The number of nitrogens with two attached hydrogens (primary N) is 1. The maximum Gasteiger partial charge on any atom is 0.254 e. The molecule has 0 unspecified atom stereocenters. The van der Waals surface area contributed by atoms with Crippen molar-refractivity contribution in [1.29, 1.82) is 0 Å². The van der Waals surface area contributed by atoms with E-state index in [2.05, 4.69) is 16.8 Å². The first-order valence-electron chi connectivity index (χ1n) is 4.51. The van der Waals surface area contributed by atoms with Gasteiger partial charge in [0, 0.05) is 26.5 Å². The van der Waals surface area contributed by atoms with Gasteiger partial charge in [-0.3, -0.25) is 9.78 Å². The molecular formula is C11H13N3O. The smallest absolute Gasteiger partial charge is 0.254 e. The Morgan fingerprint density at radius 3 is 2.93 bits per heavy atom. The third-order valence-electron chi connectivity index (χ3n) is 1.78. The number of hydrogen-bond donors (Lipinski definition) is 1. The maximum absolute atomic E-state index is 11.7. The molecule has 1 aromatic heterocycles. The van der Waals surface area contributed by atoms with Gasteiger partial charge in [-0.1, -0.05) is 11.8 Å².